The van der Waals surface area contributed by atoms with Gasteiger partial charge in [-0.05, 0) is 38.1 Å². The van der Waals surface area contributed by atoms with Crippen LogP contribution in [0.3, 0.4) is 0 Å². The summed E-state index contributed by atoms with van der Waals surface area (Å²) >= 11 is 0. The molecule has 2 heterocycles. The first kappa shape index (κ1) is 27.7. The van der Waals surface area contributed by atoms with Gasteiger partial charge in [-0.2, -0.15) is 5.10 Å². The summed E-state index contributed by atoms with van der Waals surface area (Å²) in [7, 11) is 1.49. The van der Waals surface area contributed by atoms with Crippen molar-refractivity contribution in [3.8, 4) is 11.5 Å². The van der Waals surface area contributed by atoms with Gasteiger partial charge in [0.25, 0.3) is 0 Å². The van der Waals surface area contributed by atoms with Crippen LogP contribution in [0.2, 0.25) is 0 Å². The average molecular weight is 542 g/mol. The van der Waals surface area contributed by atoms with Crippen molar-refractivity contribution in [1.82, 2.24) is 25.5 Å². The van der Waals surface area contributed by atoms with Gasteiger partial charge in [-0.25, -0.2) is 18.7 Å². The molecule has 0 saturated carbocycles. The predicted molar refractivity (Wildman–Crippen MR) is 140 cm³/mol. The molecule has 4 aromatic rings. The van der Waals surface area contributed by atoms with E-state index in [-0.39, 0.29) is 23.7 Å². The Morgan fingerprint density at radius 1 is 1.15 bits per heavy atom. The molecule has 0 aliphatic carbocycles. The fourth-order valence-electron chi connectivity index (χ4n) is 3.96. The minimum Gasteiger partial charge on any atom is -0.493 e. The van der Waals surface area contributed by atoms with Crippen molar-refractivity contribution in [2.24, 2.45) is 5.73 Å². The van der Waals surface area contributed by atoms with Crippen LogP contribution >= 0.6 is 0 Å². The fraction of sp³-hybridized carbons (Fsp3) is 0.308. The molecule has 0 radical (unpaired) electrons. The summed E-state index contributed by atoms with van der Waals surface area (Å²) in [5.74, 6) is -0.823. The summed E-state index contributed by atoms with van der Waals surface area (Å²) in [6, 6.07) is 7.94. The molecule has 13 heteroatoms. The molecule has 0 fully saturated rings. The summed E-state index contributed by atoms with van der Waals surface area (Å²) in [4.78, 5) is 21.6. The summed E-state index contributed by atoms with van der Waals surface area (Å²) in [5, 5.41) is 19.9. The highest BCUT2D eigenvalue weighted by Gasteiger charge is 2.23. The zero-order chi connectivity index (χ0) is 27.9. The topological polar surface area (TPSA) is 152 Å². The third kappa shape index (κ3) is 6.94. The van der Waals surface area contributed by atoms with Crippen molar-refractivity contribution >= 4 is 34.1 Å². The lowest BCUT2D eigenvalue weighted by Gasteiger charge is -2.23. The van der Waals surface area contributed by atoms with Gasteiger partial charge in [-0.15, -0.1) is 0 Å². The maximum absolute atomic E-state index is 14.3. The highest BCUT2D eigenvalue weighted by Crippen LogP contribution is 2.40. The maximum Gasteiger partial charge on any atom is 0.223 e. The third-order valence-electron chi connectivity index (χ3n) is 5.62. The number of nitrogens with two attached hydrogens (primary N) is 1. The largest absolute Gasteiger partial charge is 0.493 e. The molecule has 206 valence electrons. The Balaban J connectivity index is 1.72. The van der Waals surface area contributed by atoms with E-state index < -0.39 is 23.6 Å². The number of rotatable bonds is 13. The van der Waals surface area contributed by atoms with Crippen LogP contribution in [0.5, 0.6) is 11.5 Å². The number of fused-ring (bicyclic) bond motifs is 1. The van der Waals surface area contributed by atoms with Gasteiger partial charge in [-0.3, -0.25) is 14.8 Å². The van der Waals surface area contributed by atoms with Crippen LogP contribution in [0, 0.1) is 11.6 Å². The molecular formula is C26H29F2N7O4. The second-order valence-electron chi connectivity index (χ2n) is 8.83. The Kier molecular flexibility index (Phi) is 8.84. The molecule has 0 spiro atoms. The maximum atomic E-state index is 14.3. The number of aromatic amines is 1. The normalized spacial score (nSPS) is 11.9. The number of H-pyrrole nitrogens is 1. The van der Waals surface area contributed by atoms with E-state index >= 15 is 0 Å². The Morgan fingerprint density at radius 3 is 2.62 bits per heavy atom. The zero-order valence-corrected chi connectivity index (χ0v) is 21.4. The van der Waals surface area contributed by atoms with E-state index in [1.54, 1.807) is 25.1 Å². The quantitative estimate of drug-likeness (QED) is 0.187. The van der Waals surface area contributed by atoms with Crippen molar-refractivity contribution in [2.75, 3.05) is 31.7 Å². The van der Waals surface area contributed by atoms with Gasteiger partial charge in [0.1, 0.15) is 23.8 Å². The number of nitrogens with one attached hydrogen (secondary N) is 2. The van der Waals surface area contributed by atoms with Crippen molar-refractivity contribution in [3.05, 3.63) is 60.1 Å². The molecule has 0 aliphatic rings. The number of amides is 1. The Labute approximate surface area is 223 Å². The highest BCUT2D eigenvalue weighted by atomic mass is 19.1. The van der Waals surface area contributed by atoms with Gasteiger partial charge < -0.3 is 25.6 Å². The summed E-state index contributed by atoms with van der Waals surface area (Å²) < 4.78 is 40.0. The molecule has 0 saturated heterocycles. The van der Waals surface area contributed by atoms with Gasteiger partial charge in [0, 0.05) is 35.8 Å². The third-order valence-corrected chi connectivity index (χ3v) is 5.62. The van der Waals surface area contributed by atoms with Gasteiger partial charge in [-0.1, -0.05) is 0 Å². The predicted octanol–water partition coefficient (Wildman–Crippen LogP) is 2.88. The Bertz CT molecular complexity index is 1430. The molecule has 39 heavy (non-hydrogen) atoms. The number of hydrogen-bond acceptors (Lipinski definition) is 9. The molecule has 0 aliphatic heterocycles. The van der Waals surface area contributed by atoms with E-state index in [1.165, 1.54) is 18.3 Å². The van der Waals surface area contributed by atoms with Crippen molar-refractivity contribution in [2.45, 2.75) is 25.9 Å². The minimum absolute atomic E-state index is 0.105. The molecule has 11 nitrogen and oxygen atoms in total. The lowest BCUT2D eigenvalue weighted by Crippen LogP contribution is -2.26. The molecule has 4 rings (SSSR count). The van der Waals surface area contributed by atoms with E-state index in [9.17, 15) is 18.7 Å². The molecular weight excluding hydrogens is 512 g/mol. The average Bonchev–Trinajstić information content (AvgIpc) is 3.32. The standard InChI is InChI=1S/C26H29F2N7O4/c1-15(36)13-30-4-3-5-39-23-12-21-20(11-22(23)38-2)26(32-14-31-21)35(19-7-16(27)6-17(28)8-19)25-10-18(33-34-25)9-24(29)37/h6-8,10-12,14-15,30,36H,3-5,9,13H2,1-2H3,(H2,29,37)(H,33,34)/t15-/m0/s1. The number of carbonyl (C=O) groups is 1. The van der Waals surface area contributed by atoms with Crippen LogP contribution in [-0.2, 0) is 11.2 Å². The van der Waals surface area contributed by atoms with Crippen LogP contribution in [-0.4, -0.2) is 64.1 Å². The van der Waals surface area contributed by atoms with E-state index in [0.29, 0.717) is 54.2 Å². The van der Waals surface area contributed by atoms with Crippen LogP contribution in [0.25, 0.3) is 10.9 Å². The number of nitrogens with zero attached hydrogens (tertiary/aromatic N) is 4. The minimum atomic E-state index is -0.794. The molecule has 1 atom stereocenters. The van der Waals surface area contributed by atoms with Crippen LogP contribution in [0.1, 0.15) is 19.0 Å². The molecule has 0 unspecified atom stereocenters. The van der Waals surface area contributed by atoms with Gasteiger partial charge >= 0.3 is 0 Å². The Morgan fingerprint density at radius 2 is 1.92 bits per heavy atom. The Hall–Kier alpha value is -4.36. The number of anilines is 3. The number of halogens is 2. The number of aromatic nitrogens is 4. The van der Waals surface area contributed by atoms with E-state index in [4.69, 9.17) is 15.2 Å². The van der Waals surface area contributed by atoms with Gasteiger partial charge in [0.15, 0.2) is 17.3 Å². The monoisotopic (exact) mass is 541 g/mol. The lowest BCUT2D eigenvalue weighted by atomic mass is 10.1. The second kappa shape index (κ2) is 12.5. The highest BCUT2D eigenvalue weighted by molar-refractivity contribution is 5.96. The number of aliphatic hydroxyl groups excluding tert-OH is 1. The van der Waals surface area contributed by atoms with E-state index in [1.807, 2.05) is 0 Å². The van der Waals surface area contributed by atoms with Crippen LogP contribution < -0.4 is 25.4 Å². The first-order chi connectivity index (χ1) is 18.7. The molecule has 2 aromatic carbocycles. The summed E-state index contributed by atoms with van der Waals surface area (Å²) in [6.45, 7) is 3.24. The first-order valence-electron chi connectivity index (χ1n) is 12.2. The van der Waals surface area contributed by atoms with Crippen LogP contribution in [0.15, 0.2) is 42.7 Å². The number of ether oxygens (including phenoxy) is 2. The zero-order valence-electron chi connectivity index (χ0n) is 21.4. The smallest absolute Gasteiger partial charge is 0.223 e. The van der Waals surface area contributed by atoms with Crippen LogP contribution in [0.4, 0.5) is 26.1 Å². The summed E-state index contributed by atoms with van der Waals surface area (Å²) in [6.07, 6.45) is 1.47. The lowest BCUT2D eigenvalue weighted by molar-refractivity contribution is -0.117. The number of primary amides is 1. The van der Waals surface area contributed by atoms with Crippen molar-refractivity contribution in [1.29, 1.82) is 0 Å². The van der Waals surface area contributed by atoms with E-state index in [2.05, 4.69) is 25.5 Å². The molecule has 2 aromatic heterocycles. The van der Waals surface area contributed by atoms with Crippen molar-refractivity contribution < 1.29 is 28.2 Å². The summed E-state index contributed by atoms with van der Waals surface area (Å²) in [5.41, 5.74) is 6.30. The molecule has 0 bridgehead atoms. The molecule has 1 amide bonds. The SMILES string of the molecule is COc1cc2c(N(c3cc(F)cc(F)c3)c3cc(CC(N)=O)[nH]n3)ncnc2cc1OCCCNC[C@H](C)O. The van der Waals surface area contributed by atoms with E-state index in [0.717, 1.165) is 18.2 Å². The fourth-order valence-corrected chi connectivity index (χ4v) is 3.96. The first-order valence-corrected chi connectivity index (χ1v) is 12.2. The number of hydrogen-bond donors (Lipinski definition) is 4. The van der Waals surface area contributed by atoms with Crippen molar-refractivity contribution in [3.63, 3.8) is 0 Å². The number of methoxy groups -OCH3 is 1. The number of aliphatic hydroxyl groups is 1. The van der Waals surface area contributed by atoms with Gasteiger partial charge in [0.2, 0.25) is 5.91 Å². The van der Waals surface area contributed by atoms with Gasteiger partial charge in [0.05, 0.1) is 37.4 Å². The molecule has 5 N–H and O–H groups in total. The second-order valence-corrected chi connectivity index (χ2v) is 8.83. The number of benzene rings is 2. The number of carbonyl (C=O) groups excluding carboxylic acids is 1.